The molecular formula is C7H8N2O2. The van der Waals surface area contributed by atoms with Crippen LogP contribution in [0.3, 0.4) is 0 Å². The minimum Gasteiger partial charge on any atom is -0.362 e. The second-order valence-corrected chi connectivity index (χ2v) is 1.93. The van der Waals surface area contributed by atoms with Crippen LogP contribution in [0.4, 0.5) is 0 Å². The van der Waals surface area contributed by atoms with Crippen molar-refractivity contribution >= 4 is 12.0 Å². The molecule has 4 heteroatoms. The molecule has 0 aliphatic heterocycles. The van der Waals surface area contributed by atoms with Crippen LogP contribution >= 0.6 is 0 Å². The van der Waals surface area contributed by atoms with Crippen molar-refractivity contribution in [3.8, 4) is 0 Å². The minimum absolute atomic E-state index is 0.542. The number of carbonyl (C=O) groups is 1. The van der Waals surface area contributed by atoms with Crippen molar-refractivity contribution in [3.05, 3.63) is 30.1 Å². The number of rotatable bonds is 2. The Morgan fingerprint density at radius 2 is 2.55 bits per heavy atom. The van der Waals surface area contributed by atoms with Crippen LogP contribution in [0.1, 0.15) is 5.69 Å². The molecule has 1 rings (SSSR count). The quantitative estimate of drug-likeness (QED) is 0.329. The van der Waals surface area contributed by atoms with E-state index in [4.69, 9.17) is 5.21 Å². The maximum Gasteiger partial charge on any atom is 0.267 e. The lowest BCUT2D eigenvalue weighted by Gasteiger charge is -1.86. The van der Waals surface area contributed by atoms with E-state index in [1.54, 1.807) is 18.3 Å². The highest BCUT2D eigenvalue weighted by Gasteiger charge is 1.89. The van der Waals surface area contributed by atoms with Gasteiger partial charge in [-0.05, 0) is 18.2 Å². The van der Waals surface area contributed by atoms with E-state index in [1.165, 1.54) is 11.6 Å². The van der Waals surface area contributed by atoms with Gasteiger partial charge in [0, 0.05) is 18.0 Å². The maximum atomic E-state index is 10.4. The molecule has 0 bridgehead atoms. The summed E-state index contributed by atoms with van der Waals surface area (Å²) < 4.78 is 0. The predicted octanol–water partition coefficient (Wildman–Crippen LogP) is 0.533. The molecule has 0 radical (unpaired) electrons. The Balaban J connectivity index is 2.55. The van der Waals surface area contributed by atoms with Crippen LogP contribution in [0.25, 0.3) is 6.08 Å². The topological polar surface area (TPSA) is 65.1 Å². The third-order valence-electron chi connectivity index (χ3n) is 1.15. The molecule has 1 aromatic rings. The van der Waals surface area contributed by atoms with Crippen LogP contribution in [0.15, 0.2) is 24.4 Å². The van der Waals surface area contributed by atoms with Crippen LogP contribution < -0.4 is 5.48 Å². The largest absolute Gasteiger partial charge is 0.362 e. The van der Waals surface area contributed by atoms with E-state index in [0.717, 1.165) is 5.69 Å². The number of hydroxylamine groups is 1. The van der Waals surface area contributed by atoms with Crippen molar-refractivity contribution in [2.24, 2.45) is 0 Å². The van der Waals surface area contributed by atoms with E-state index in [-0.39, 0.29) is 0 Å². The zero-order valence-electron chi connectivity index (χ0n) is 5.74. The fourth-order valence-electron chi connectivity index (χ4n) is 0.651. The van der Waals surface area contributed by atoms with Gasteiger partial charge in [-0.3, -0.25) is 10.0 Å². The average Bonchev–Trinajstić information content (AvgIpc) is 2.52. The van der Waals surface area contributed by atoms with E-state index < -0.39 is 5.91 Å². The highest BCUT2D eigenvalue weighted by atomic mass is 16.5. The summed E-state index contributed by atoms with van der Waals surface area (Å²) >= 11 is 0. The molecule has 0 atom stereocenters. The van der Waals surface area contributed by atoms with E-state index in [2.05, 4.69) is 4.98 Å². The maximum absolute atomic E-state index is 10.4. The highest BCUT2D eigenvalue weighted by Crippen LogP contribution is 1.95. The monoisotopic (exact) mass is 152 g/mol. The number of amides is 1. The van der Waals surface area contributed by atoms with Gasteiger partial charge in [-0.1, -0.05) is 0 Å². The molecule has 0 saturated heterocycles. The third-order valence-corrected chi connectivity index (χ3v) is 1.15. The number of aromatic nitrogens is 1. The Morgan fingerprint density at radius 3 is 3.09 bits per heavy atom. The molecule has 4 nitrogen and oxygen atoms in total. The van der Waals surface area contributed by atoms with Gasteiger partial charge >= 0.3 is 0 Å². The standard InChI is InChI=1S/C7H8N2O2/c10-7(9-11)4-3-6-2-1-5-8-6/h1-5,8,11H,(H,9,10). The molecule has 1 amide bonds. The number of nitrogens with one attached hydrogen (secondary N) is 2. The van der Waals surface area contributed by atoms with Crippen molar-refractivity contribution < 1.29 is 10.0 Å². The first kappa shape index (κ1) is 7.56. The average molecular weight is 152 g/mol. The van der Waals surface area contributed by atoms with Crippen LogP contribution in [0.2, 0.25) is 0 Å². The van der Waals surface area contributed by atoms with Gasteiger partial charge in [-0.25, -0.2) is 5.48 Å². The molecule has 3 N–H and O–H groups in total. The van der Waals surface area contributed by atoms with Crippen LogP contribution in [0.5, 0.6) is 0 Å². The number of hydrogen-bond acceptors (Lipinski definition) is 2. The zero-order chi connectivity index (χ0) is 8.10. The van der Waals surface area contributed by atoms with Gasteiger partial charge < -0.3 is 4.98 Å². The molecule has 1 heterocycles. The Morgan fingerprint density at radius 1 is 1.73 bits per heavy atom. The molecule has 0 spiro atoms. The van der Waals surface area contributed by atoms with Crippen molar-refractivity contribution in [1.29, 1.82) is 0 Å². The number of aromatic amines is 1. The molecule has 0 aliphatic carbocycles. The first-order valence-electron chi connectivity index (χ1n) is 3.08. The summed E-state index contributed by atoms with van der Waals surface area (Å²) in [5.41, 5.74) is 2.30. The lowest BCUT2D eigenvalue weighted by atomic mass is 10.4. The van der Waals surface area contributed by atoms with E-state index in [1.807, 2.05) is 6.07 Å². The van der Waals surface area contributed by atoms with Gasteiger partial charge in [0.15, 0.2) is 0 Å². The van der Waals surface area contributed by atoms with Crippen molar-refractivity contribution in [3.63, 3.8) is 0 Å². The molecule has 1 aromatic heterocycles. The summed E-state index contributed by atoms with van der Waals surface area (Å²) in [4.78, 5) is 13.3. The first-order valence-corrected chi connectivity index (χ1v) is 3.08. The van der Waals surface area contributed by atoms with Crippen LogP contribution in [0, 0.1) is 0 Å². The Hall–Kier alpha value is -1.55. The summed E-state index contributed by atoms with van der Waals surface area (Å²) in [5.74, 6) is -0.542. The molecule has 0 saturated carbocycles. The van der Waals surface area contributed by atoms with E-state index >= 15 is 0 Å². The molecule has 0 unspecified atom stereocenters. The van der Waals surface area contributed by atoms with Gasteiger partial charge in [0.05, 0.1) is 0 Å². The normalized spacial score (nSPS) is 10.3. The van der Waals surface area contributed by atoms with Crippen molar-refractivity contribution in [1.82, 2.24) is 10.5 Å². The van der Waals surface area contributed by atoms with Gasteiger partial charge in [-0.15, -0.1) is 0 Å². The minimum atomic E-state index is -0.542. The van der Waals surface area contributed by atoms with Gasteiger partial charge in [0.2, 0.25) is 0 Å². The number of H-pyrrole nitrogens is 1. The summed E-state index contributed by atoms with van der Waals surface area (Å²) in [6.07, 6.45) is 4.54. The molecule has 0 aromatic carbocycles. The summed E-state index contributed by atoms with van der Waals surface area (Å²) in [5, 5.41) is 8.10. The van der Waals surface area contributed by atoms with Gasteiger partial charge in [0.1, 0.15) is 0 Å². The summed E-state index contributed by atoms with van der Waals surface area (Å²) in [6, 6.07) is 3.62. The fraction of sp³-hybridized carbons (Fsp3) is 0. The van der Waals surface area contributed by atoms with Gasteiger partial charge in [-0.2, -0.15) is 0 Å². The van der Waals surface area contributed by atoms with Crippen LogP contribution in [-0.2, 0) is 4.79 Å². The van der Waals surface area contributed by atoms with Crippen molar-refractivity contribution in [2.75, 3.05) is 0 Å². The van der Waals surface area contributed by atoms with E-state index in [0.29, 0.717) is 0 Å². The Bertz CT molecular complexity index is 251. The van der Waals surface area contributed by atoms with Crippen LogP contribution in [-0.4, -0.2) is 16.1 Å². The second-order valence-electron chi connectivity index (χ2n) is 1.93. The fourth-order valence-corrected chi connectivity index (χ4v) is 0.651. The SMILES string of the molecule is O=C(C=Cc1ccc[nH]1)NO. The zero-order valence-corrected chi connectivity index (χ0v) is 5.74. The first-order chi connectivity index (χ1) is 5.33. The second kappa shape index (κ2) is 3.58. The molecule has 58 valence electrons. The third kappa shape index (κ3) is 2.27. The number of hydrogen-bond donors (Lipinski definition) is 3. The summed E-state index contributed by atoms with van der Waals surface area (Å²) in [6.45, 7) is 0. The molecule has 0 fully saturated rings. The molecular weight excluding hydrogens is 144 g/mol. The smallest absolute Gasteiger partial charge is 0.267 e. The number of carbonyl (C=O) groups excluding carboxylic acids is 1. The predicted molar refractivity (Wildman–Crippen MR) is 39.8 cm³/mol. The van der Waals surface area contributed by atoms with Crippen molar-refractivity contribution in [2.45, 2.75) is 0 Å². The Kier molecular flexibility index (Phi) is 2.46. The lowest BCUT2D eigenvalue weighted by Crippen LogP contribution is -2.14. The van der Waals surface area contributed by atoms with E-state index in [9.17, 15) is 4.79 Å². The molecule has 11 heavy (non-hydrogen) atoms. The summed E-state index contributed by atoms with van der Waals surface area (Å²) in [7, 11) is 0. The highest BCUT2D eigenvalue weighted by molar-refractivity contribution is 5.90. The Labute approximate surface area is 63.5 Å². The molecule has 0 aliphatic rings. The lowest BCUT2D eigenvalue weighted by molar-refractivity contribution is -0.124. The van der Waals surface area contributed by atoms with Gasteiger partial charge in [0.25, 0.3) is 5.91 Å².